The summed E-state index contributed by atoms with van der Waals surface area (Å²) in [6, 6.07) is 13.5. The van der Waals surface area contributed by atoms with Gasteiger partial charge in [-0.2, -0.15) is 10.1 Å². The zero-order valence-electron chi connectivity index (χ0n) is 17.8. The molecule has 0 unspecified atom stereocenters. The lowest BCUT2D eigenvalue weighted by Gasteiger charge is -2.13. The van der Waals surface area contributed by atoms with Crippen LogP contribution in [0.15, 0.2) is 57.9 Å². The van der Waals surface area contributed by atoms with Gasteiger partial charge in [-0.15, -0.1) is 0 Å². The van der Waals surface area contributed by atoms with E-state index in [0.717, 1.165) is 22.4 Å². The molecule has 2 aromatic carbocycles. The minimum absolute atomic E-state index is 0.200. The highest BCUT2D eigenvalue weighted by atomic mass is 16.2. The second-order valence-electron chi connectivity index (χ2n) is 7.76. The van der Waals surface area contributed by atoms with E-state index < -0.39 is 0 Å². The Hall–Kier alpha value is -3.67. The molecule has 1 N–H and O–H groups in total. The maximum absolute atomic E-state index is 13.1. The Morgan fingerprint density at radius 2 is 1.53 bits per heavy atom. The van der Waals surface area contributed by atoms with Crippen LogP contribution in [0.2, 0.25) is 0 Å². The third-order valence-corrected chi connectivity index (χ3v) is 5.50. The van der Waals surface area contributed by atoms with Crippen LogP contribution in [-0.4, -0.2) is 21.4 Å². The molecule has 1 aliphatic heterocycles. The first kappa shape index (κ1) is 19.6. The zero-order chi connectivity index (χ0) is 21.6. The van der Waals surface area contributed by atoms with Crippen LogP contribution in [0.25, 0.3) is 11.8 Å². The molecule has 0 spiro atoms. The van der Waals surface area contributed by atoms with Crippen molar-refractivity contribution < 1.29 is 4.79 Å². The monoisotopic (exact) mass is 400 g/mol. The Labute approximate surface area is 175 Å². The van der Waals surface area contributed by atoms with Gasteiger partial charge >= 0.3 is 0 Å². The number of hydrazone groups is 1. The number of nitrogens with zero attached hydrogens (tertiary/aromatic N) is 3. The van der Waals surface area contributed by atoms with Gasteiger partial charge in [0.2, 0.25) is 0 Å². The highest BCUT2D eigenvalue weighted by molar-refractivity contribution is 6.32. The summed E-state index contributed by atoms with van der Waals surface area (Å²) < 4.78 is 1.49. The SMILES string of the molecule is CC1=NN(c2ccc(C)c(C)c2)C(=O)C1=Cc1c(C)[nH]n(-c2ccc(C)cc2)c1=O. The van der Waals surface area contributed by atoms with E-state index in [4.69, 9.17) is 0 Å². The third kappa shape index (κ3) is 3.30. The van der Waals surface area contributed by atoms with Gasteiger partial charge in [-0.05, 0) is 76.1 Å². The molecule has 0 atom stereocenters. The number of benzene rings is 2. The predicted molar refractivity (Wildman–Crippen MR) is 120 cm³/mol. The number of anilines is 1. The van der Waals surface area contributed by atoms with Crippen molar-refractivity contribution in [2.24, 2.45) is 5.10 Å². The van der Waals surface area contributed by atoms with Crippen molar-refractivity contribution in [3.8, 4) is 5.69 Å². The fourth-order valence-electron chi connectivity index (χ4n) is 3.47. The number of aromatic amines is 1. The summed E-state index contributed by atoms with van der Waals surface area (Å²) in [5.41, 5.74) is 6.78. The zero-order valence-corrected chi connectivity index (χ0v) is 17.8. The maximum atomic E-state index is 13.1. The number of carbonyl (C=O) groups excluding carboxylic acids is 1. The molecule has 4 rings (SSSR count). The molecular weight excluding hydrogens is 376 g/mol. The quantitative estimate of drug-likeness (QED) is 0.669. The fraction of sp³-hybridized carbons (Fsp3) is 0.208. The van der Waals surface area contributed by atoms with Crippen LogP contribution in [0, 0.1) is 27.7 Å². The van der Waals surface area contributed by atoms with Crippen molar-refractivity contribution in [1.82, 2.24) is 9.78 Å². The number of aryl methyl sites for hydroxylation is 4. The van der Waals surface area contributed by atoms with E-state index in [1.165, 1.54) is 9.69 Å². The van der Waals surface area contributed by atoms with Gasteiger partial charge in [0.05, 0.1) is 28.2 Å². The molecule has 6 nitrogen and oxygen atoms in total. The minimum atomic E-state index is -0.238. The predicted octanol–water partition coefficient (Wildman–Crippen LogP) is 4.21. The maximum Gasteiger partial charge on any atom is 0.280 e. The van der Waals surface area contributed by atoms with E-state index in [9.17, 15) is 9.59 Å². The molecular formula is C24H24N4O2. The molecule has 3 aromatic rings. The van der Waals surface area contributed by atoms with Crippen molar-refractivity contribution in [2.45, 2.75) is 34.6 Å². The van der Waals surface area contributed by atoms with E-state index >= 15 is 0 Å². The molecule has 2 heterocycles. The lowest BCUT2D eigenvalue weighted by Crippen LogP contribution is -2.22. The van der Waals surface area contributed by atoms with Gasteiger partial charge in [0, 0.05) is 5.69 Å². The largest absolute Gasteiger partial charge is 0.295 e. The Balaban J connectivity index is 1.73. The molecule has 6 heteroatoms. The second-order valence-corrected chi connectivity index (χ2v) is 7.76. The molecule has 30 heavy (non-hydrogen) atoms. The highest BCUT2D eigenvalue weighted by Gasteiger charge is 2.29. The number of hydrogen-bond acceptors (Lipinski definition) is 3. The van der Waals surface area contributed by atoms with Gasteiger partial charge in [-0.1, -0.05) is 23.8 Å². The molecule has 1 aliphatic rings. The number of nitrogens with one attached hydrogen (secondary N) is 1. The normalized spacial score (nSPS) is 15.2. The van der Waals surface area contributed by atoms with Crippen LogP contribution in [-0.2, 0) is 4.79 Å². The molecule has 0 fully saturated rings. The van der Waals surface area contributed by atoms with Crippen LogP contribution < -0.4 is 10.6 Å². The first-order chi connectivity index (χ1) is 14.3. The summed E-state index contributed by atoms with van der Waals surface area (Å²) in [4.78, 5) is 26.1. The summed E-state index contributed by atoms with van der Waals surface area (Å²) >= 11 is 0. The van der Waals surface area contributed by atoms with E-state index in [0.29, 0.717) is 28.2 Å². The van der Waals surface area contributed by atoms with E-state index in [-0.39, 0.29) is 11.5 Å². The van der Waals surface area contributed by atoms with Crippen molar-refractivity contribution in [3.63, 3.8) is 0 Å². The third-order valence-electron chi connectivity index (χ3n) is 5.50. The van der Waals surface area contributed by atoms with Crippen LogP contribution in [0.1, 0.15) is 34.9 Å². The average Bonchev–Trinajstić information content (AvgIpc) is 3.15. The number of amides is 1. The minimum Gasteiger partial charge on any atom is -0.295 e. The Morgan fingerprint density at radius 1 is 0.867 bits per heavy atom. The van der Waals surface area contributed by atoms with Gasteiger partial charge in [0.25, 0.3) is 11.5 Å². The molecule has 0 bridgehead atoms. The van der Waals surface area contributed by atoms with Crippen LogP contribution in [0.4, 0.5) is 5.69 Å². The summed E-state index contributed by atoms with van der Waals surface area (Å²) in [7, 11) is 0. The smallest absolute Gasteiger partial charge is 0.280 e. The molecule has 0 aliphatic carbocycles. The molecule has 0 saturated heterocycles. The van der Waals surface area contributed by atoms with Gasteiger partial charge in [-0.3, -0.25) is 14.7 Å². The van der Waals surface area contributed by atoms with E-state index in [1.807, 2.05) is 70.2 Å². The van der Waals surface area contributed by atoms with Gasteiger partial charge in [0.1, 0.15) is 0 Å². The van der Waals surface area contributed by atoms with Crippen LogP contribution in [0.3, 0.4) is 0 Å². The lowest BCUT2D eigenvalue weighted by atomic mass is 10.1. The standard InChI is InChI=1S/C24H24N4O2/c1-14-6-9-19(10-7-14)27-23(29)21(17(4)25-27)13-22-18(5)26-28(24(22)30)20-11-8-15(2)16(3)12-20/h6-13,25H,1-5H3. The Kier molecular flexibility index (Phi) is 4.78. The van der Waals surface area contributed by atoms with Crippen molar-refractivity contribution in [3.05, 3.63) is 86.3 Å². The number of aromatic nitrogens is 2. The van der Waals surface area contributed by atoms with E-state index in [2.05, 4.69) is 10.2 Å². The first-order valence-corrected chi connectivity index (χ1v) is 9.84. The molecule has 1 aromatic heterocycles. The number of hydrogen-bond donors (Lipinski definition) is 1. The van der Waals surface area contributed by atoms with Gasteiger partial charge in [-0.25, -0.2) is 4.68 Å². The summed E-state index contributed by atoms with van der Waals surface area (Å²) in [6.45, 7) is 9.64. The van der Waals surface area contributed by atoms with E-state index in [1.54, 1.807) is 13.0 Å². The molecule has 152 valence electrons. The molecule has 1 amide bonds. The average molecular weight is 400 g/mol. The number of H-pyrrole nitrogens is 1. The Morgan fingerprint density at radius 3 is 2.20 bits per heavy atom. The topological polar surface area (TPSA) is 70.5 Å². The fourth-order valence-corrected chi connectivity index (χ4v) is 3.47. The van der Waals surface area contributed by atoms with Crippen LogP contribution >= 0.6 is 0 Å². The summed E-state index contributed by atoms with van der Waals surface area (Å²) in [5.74, 6) is -0.238. The second kappa shape index (κ2) is 7.30. The van der Waals surface area contributed by atoms with Crippen molar-refractivity contribution in [2.75, 3.05) is 5.01 Å². The summed E-state index contributed by atoms with van der Waals surface area (Å²) in [6.07, 6.45) is 1.64. The van der Waals surface area contributed by atoms with Gasteiger partial charge in [0.15, 0.2) is 0 Å². The molecule has 0 saturated carbocycles. The lowest BCUT2D eigenvalue weighted by molar-refractivity contribution is -0.114. The number of rotatable bonds is 3. The van der Waals surface area contributed by atoms with Crippen molar-refractivity contribution >= 4 is 23.4 Å². The van der Waals surface area contributed by atoms with Crippen LogP contribution in [0.5, 0.6) is 0 Å². The van der Waals surface area contributed by atoms with Crippen molar-refractivity contribution in [1.29, 1.82) is 0 Å². The van der Waals surface area contributed by atoms with Gasteiger partial charge < -0.3 is 0 Å². The Bertz CT molecular complexity index is 1270. The number of carbonyl (C=O) groups is 1. The molecule has 0 radical (unpaired) electrons. The first-order valence-electron chi connectivity index (χ1n) is 9.84. The summed E-state index contributed by atoms with van der Waals surface area (Å²) in [5, 5.41) is 8.94. The highest BCUT2D eigenvalue weighted by Crippen LogP contribution is 2.26.